The predicted molar refractivity (Wildman–Crippen MR) is 86.9 cm³/mol. The molecule has 1 fully saturated rings. The van der Waals surface area contributed by atoms with Crippen LogP contribution in [0.4, 0.5) is 13.2 Å². The van der Waals surface area contributed by atoms with Gasteiger partial charge in [-0.1, -0.05) is 24.3 Å². The van der Waals surface area contributed by atoms with Crippen LogP contribution in [0, 0.1) is 11.8 Å². The lowest BCUT2D eigenvalue weighted by Gasteiger charge is -2.34. The second-order valence-electron chi connectivity index (χ2n) is 6.98. The monoisotopic (exact) mass is 370 g/mol. The number of hydrogen-bond acceptors (Lipinski definition) is 3. The number of aliphatic hydroxyl groups excluding tert-OH is 1. The molecule has 0 spiro atoms. The first-order chi connectivity index (χ1) is 12.3. The van der Waals surface area contributed by atoms with Gasteiger partial charge < -0.3 is 15.7 Å². The Morgan fingerprint density at radius 1 is 1.27 bits per heavy atom. The highest BCUT2D eigenvalue weighted by Crippen LogP contribution is 2.34. The Morgan fingerprint density at radius 2 is 2.00 bits per heavy atom. The Labute approximate surface area is 149 Å². The number of halogens is 3. The maximum atomic E-state index is 12.7. The fourth-order valence-electron chi connectivity index (χ4n) is 3.77. The van der Waals surface area contributed by atoms with Gasteiger partial charge in [-0.15, -0.1) is 0 Å². The fourth-order valence-corrected chi connectivity index (χ4v) is 3.77. The fraction of sp³-hybridized carbons (Fsp3) is 0.556. The standard InChI is InChI=1S/C18H21F3N2O3/c19-18(20,21)15-6-5-13(17(26)23-15)16(25)22-14-8-10(9-24)7-11-3-1-2-4-12(11)14/h1-4,10,13-15,24H,5-9H2,(H,22,25)(H,23,26). The minimum absolute atomic E-state index is 0.00927. The summed E-state index contributed by atoms with van der Waals surface area (Å²) in [5.74, 6) is -2.60. The van der Waals surface area contributed by atoms with Gasteiger partial charge in [-0.25, -0.2) is 0 Å². The van der Waals surface area contributed by atoms with Gasteiger partial charge in [0.15, 0.2) is 0 Å². The highest BCUT2D eigenvalue weighted by Gasteiger charge is 2.46. The number of rotatable bonds is 3. The second-order valence-corrected chi connectivity index (χ2v) is 6.98. The molecule has 1 aromatic rings. The third-order valence-electron chi connectivity index (χ3n) is 5.17. The summed E-state index contributed by atoms with van der Waals surface area (Å²) in [5.41, 5.74) is 1.95. The maximum absolute atomic E-state index is 12.7. The number of benzene rings is 1. The molecule has 4 unspecified atom stereocenters. The van der Waals surface area contributed by atoms with Gasteiger partial charge in [0, 0.05) is 6.61 Å². The lowest BCUT2D eigenvalue weighted by Crippen LogP contribution is -2.54. The third-order valence-corrected chi connectivity index (χ3v) is 5.17. The Morgan fingerprint density at radius 3 is 2.65 bits per heavy atom. The number of amides is 2. The topological polar surface area (TPSA) is 78.4 Å². The Bertz CT molecular complexity index is 693. The minimum atomic E-state index is -4.51. The quantitative estimate of drug-likeness (QED) is 0.711. The van der Waals surface area contributed by atoms with Crippen molar-refractivity contribution < 1.29 is 27.9 Å². The number of alkyl halides is 3. The molecule has 0 saturated carbocycles. The molecular formula is C18H21F3N2O3. The van der Waals surface area contributed by atoms with Crippen LogP contribution in [-0.2, 0) is 16.0 Å². The van der Waals surface area contributed by atoms with Crippen LogP contribution in [0.1, 0.15) is 36.4 Å². The number of aliphatic hydroxyl groups is 1. The summed E-state index contributed by atoms with van der Waals surface area (Å²) in [4.78, 5) is 24.5. The first-order valence-corrected chi connectivity index (χ1v) is 8.65. The van der Waals surface area contributed by atoms with Gasteiger partial charge in [-0.05, 0) is 42.7 Å². The van der Waals surface area contributed by atoms with Crippen LogP contribution < -0.4 is 10.6 Å². The average molecular weight is 370 g/mol. The van der Waals surface area contributed by atoms with Crippen LogP contribution in [0.5, 0.6) is 0 Å². The van der Waals surface area contributed by atoms with Crippen molar-refractivity contribution in [3.63, 3.8) is 0 Å². The molecule has 4 atom stereocenters. The van der Waals surface area contributed by atoms with Gasteiger partial charge in [-0.2, -0.15) is 13.2 Å². The van der Waals surface area contributed by atoms with Gasteiger partial charge in [-0.3, -0.25) is 9.59 Å². The van der Waals surface area contributed by atoms with E-state index in [2.05, 4.69) is 5.32 Å². The lowest BCUT2D eigenvalue weighted by atomic mass is 9.80. The largest absolute Gasteiger partial charge is 0.408 e. The molecule has 3 rings (SSSR count). The molecule has 1 aliphatic carbocycles. The van der Waals surface area contributed by atoms with E-state index in [0.29, 0.717) is 12.8 Å². The molecule has 0 bridgehead atoms. The van der Waals surface area contributed by atoms with E-state index in [9.17, 15) is 27.9 Å². The number of fused-ring (bicyclic) bond motifs is 1. The van der Waals surface area contributed by atoms with Crippen LogP contribution >= 0.6 is 0 Å². The van der Waals surface area contributed by atoms with Gasteiger partial charge in [0.25, 0.3) is 0 Å². The molecule has 8 heteroatoms. The van der Waals surface area contributed by atoms with E-state index in [1.54, 1.807) is 0 Å². The van der Waals surface area contributed by atoms with Gasteiger partial charge in [0.1, 0.15) is 12.0 Å². The molecule has 26 heavy (non-hydrogen) atoms. The van der Waals surface area contributed by atoms with E-state index in [0.717, 1.165) is 11.1 Å². The van der Waals surface area contributed by atoms with Crippen LogP contribution in [0.2, 0.25) is 0 Å². The molecule has 0 aromatic heterocycles. The zero-order valence-electron chi connectivity index (χ0n) is 14.1. The summed E-state index contributed by atoms with van der Waals surface area (Å²) in [6.07, 6.45) is -3.73. The number of nitrogens with one attached hydrogen (secondary N) is 2. The zero-order chi connectivity index (χ0) is 18.9. The maximum Gasteiger partial charge on any atom is 0.408 e. The number of carbonyl (C=O) groups excluding carboxylic acids is 2. The SMILES string of the molecule is O=C(NC1CC(CO)Cc2ccccc21)C1CCC(C(F)(F)F)NC1=O. The van der Waals surface area contributed by atoms with E-state index < -0.39 is 30.0 Å². The van der Waals surface area contributed by atoms with Gasteiger partial charge in [0.05, 0.1) is 6.04 Å². The summed E-state index contributed by atoms with van der Waals surface area (Å²) in [7, 11) is 0. The smallest absolute Gasteiger partial charge is 0.396 e. The van der Waals surface area contributed by atoms with Crippen molar-refractivity contribution in [2.75, 3.05) is 6.61 Å². The summed E-state index contributed by atoms with van der Waals surface area (Å²) in [6, 6.07) is 5.28. The normalized spacial score (nSPS) is 28.8. The van der Waals surface area contributed by atoms with Crippen molar-refractivity contribution in [1.82, 2.24) is 10.6 Å². The molecule has 5 nitrogen and oxygen atoms in total. The van der Waals surface area contributed by atoms with Crippen molar-refractivity contribution in [3.05, 3.63) is 35.4 Å². The molecule has 0 radical (unpaired) electrons. The number of hydrogen-bond donors (Lipinski definition) is 3. The summed E-state index contributed by atoms with van der Waals surface area (Å²) in [5, 5.41) is 14.2. The molecule has 1 heterocycles. The molecule has 2 aliphatic rings. The van der Waals surface area contributed by atoms with Crippen LogP contribution in [-0.4, -0.2) is 35.7 Å². The molecule has 1 aliphatic heterocycles. The molecule has 1 aromatic carbocycles. The zero-order valence-corrected chi connectivity index (χ0v) is 14.1. The van der Waals surface area contributed by atoms with Crippen molar-refractivity contribution in [2.24, 2.45) is 11.8 Å². The summed E-state index contributed by atoms with van der Waals surface area (Å²) in [6.45, 7) is -0.0160. The lowest BCUT2D eigenvalue weighted by molar-refractivity contribution is -0.171. The van der Waals surface area contributed by atoms with E-state index in [4.69, 9.17) is 0 Å². The molecule has 3 N–H and O–H groups in total. The Balaban J connectivity index is 1.69. The first kappa shape index (κ1) is 18.7. The molecular weight excluding hydrogens is 349 g/mol. The van der Waals surface area contributed by atoms with Crippen LogP contribution in [0.25, 0.3) is 0 Å². The minimum Gasteiger partial charge on any atom is -0.396 e. The van der Waals surface area contributed by atoms with Crippen molar-refractivity contribution in [1.29, 1.82) is 0 Å². The number of carbonyl (C=O) groups is 2. The number of piperidine rings is 1. The van der Waals surface area contributed by atoms with E-state index in [1.807, 2.05) is 29.6 Å². The van der Waals surface area contributed by atoms with E-state index in [-0.39, 0.29) is 31.4 Å². The third kappa shape index (κ3) is 3.85. The van der Waals surface area contributed by atoms with E-state index >= 15 is 0 Å². The van der Waals surface area contributed by atoms with Gasteiger partial charge in [0.2, 0.25) is 11.8 Å². The molecule has 1 saturated heterocycles. The predicted octanol–water partition coefficient (Wildman–Crippen LogP) is 1.86. The van der Waals surface area contributed by atoms with Crippen LogP contribution in [0.15, 0.2) is 24.3 Å². The summed E-state index contributed by atoms with van der Waals surface area (Å²) >= 11 is 0. The summed E-state index contributed by atoms with van der Waals surface area (Å²) < 4.78 is 38.2. The van der Waals surface area contributed by atoms with Crippen LogP contribution in [0.3, 0.4) is 0 Å². The van der Waals surface area contributed by atoms with Crippen molar-refractivity contribution in [3.8, 4) is 0 Å². The van der Waals surface area contributed by atoms with Crippen molar-refractivity contribution >= 4 is 11.8 Å². The molecule has 142 valence electrons. The van der Waals surface area contributed by atoms with Crippen molar-refractivity contribution in [2.45, 2.75) is 43.9 Å². The first-order valence-electron chi connectivity index (χ1n) is 8.65. The van der Waals surface area contributed by atoms with Gasteiger partial charge >= 0.3 is 6.18 Å². The average Bonchev–Trinajstić information content (AvgIpc) is 2.60. The highest BCUT2D eigenvalue weighted by molar-refractivity contribution is 6.01. The highest BCUT2D eigenvalue weighted by atomic mass is 19.4. The Kier molecular flexibility index (Phi) is 5.22. The van der Waals surface area contributed by atoms with E-state index in [1.165, 1.54) is 0 Å². The molecule has 2 amide bonds. The Hall–Kier alpha value is -2.09. The second kappa shape index (κ2) is 7.26.